The fourth-order valence-electron chi connectivity index (χ4n) is 1.89. The predicted molar refractivity (Wildman–Crippen MR) is 80.7 cm³/mol. The van der Waals surface area contributed by atoms with Gasteiger partial charge in [0.2, 0.25) is 0 Å². The van der Waals surface area contributed by atoms with Crippen LogP contribution >= 0.6 is 0 Å². The van der Waals surface area contributed by atoms with Gasteiger partial charge in [0.05, 0.1) is 12.7 Å². The van der Waals surface area contributed by atoms with E-state index in [9.17, 15) is 9.59 Å². The monoisotopic (exact) mass is 293 g/mol. The Labute approximate surface area is 125 Å². The molecular weight excluding hydrogens is 270 g/mol. The van der Waals surface area contributed by atoms with Crippen LogP contribution in [0.3, 0.4) is 0 Å². The van der Waals surface area contributed by atoms with Gasteiger partial charge in [-0.1, -0.05) is 26.2 Å². The Bertz CT molecular complexity index is 485. The molecule has 116 valence electrons. The average molecular weight is 293 g/mol. The van der Waals surface area contributed by atoms with Crippen LogP contribution in [0.25, 0.3) is 0 Å². The summed E-state index contributed by atoms with van der Waals surface area (Å²) in [5, 5.41) is 2.71. The van der Waals surface area contributed by atoms with Crippen LogP contribution in [-0.2, 0) is 4.74 Å². The number of carbonyl (C=O) groups excluding carboxylic acids is 2. The molecule has 0 saturated heterocycles. The van der Waals surface area contributed by atoms with Crippen LogP contribution in [0, 0.1) is 6.92 Å². The zero-order valence-electron chi connectivity index (χ0n) is 12.9. The standard InChI is InChI=1S/C16H23NO4/c1-4-5-6-7-10-17-16(19)21-14-9-8-13(11-12(14)2)15(18)20-3/h8-9,11H,4-7,10H2,1-3H3,(H,17,19). The minimum absolute atomic E-state index is 0.412. The molecule has 0 aliphatic carbocycles. The van der Waals surface area contributed by atoms with Crippen LogP contribution in [0.15, 0.2) is 18.2 Å². The molecule has 1 rings (SSSR count). The van der Waals surface area contributed by atoms with Crippen molar-refractivity contribution in [2.45, 2.75) is 39.5 Å². The van der Waals surface area contributed by atoms with Crippen molar-refractivity contribution in [3.63, 3.8) is 0 Å². The minimum Gasteiger partial charge on any atom is -0.465 e. The highest BCUT2D eigenvalue weighted by Gasteiger charge is 2.10. The number of hydrogen-bond donors (Lipinski definition) is 1. The smallest absolute Gasteiger partial charge is 0.412 e. The van der Waals surface area contributed by atoms with E-state index in [1.165, 1.54) is 13.5 Å². The number of esters is 1. The van der Waals surface area contributed by atoms with E-state index in [1.54, 1.807) is 25.1 Å². The van der Waals surface area contributed by atoms with E-state index in [-0.39, 0.29) is 0 Å². The lowest BCUT2D eigenvalue weighted by molar-refractivity contribution is 0.0600. The van der Waals surface area contributed by atoms with Gasteiger partial charge in [-0.25, -0.2) is 9.59 Å². The summed E-state index contributed by atoms with van der Waals surface area (Å²) >= 11 is 0. The summed E-state index contributed by atoms with van der Waals surface area (Å²) in [6.07, 6.45) is 3.91. The second-order valence-electron chi connectivity index (χ2n) is 4.85. The fraction of sp³-hybridized carbons (Fsp3) is 0.500. The maximum Gasteiger partial charge on any atom is 0.412 e. The molecule has 0 aliphatic rings. The topological polar surface area (TPSA) is 64.6 Å². The van der Waals surface area contributed by atoms with Gasteiger partial charge in [0, 0.05) is 6.54 Å². The Balaban J connectivity index is 2.47. The number of amides is 1. The first kappa shape index (κ1) is 17.0. The lowest BCUT2D eigenvalue weighted by atomic mass is 10.1. The molecule has 1 aromatic carbocycles. The molecule has 1 amide bonds. The number of aryl methyl sites for hydroxylation is 1. The van der Waals surface area contributed by atoms with Crippen LogP contribution in [0.4, 0.5) is 4.79 Å². The maximum atomic E-state index is 11.6. The maximum absolute atomic E-state index is 11.6. The summed E-state index contributed by atoms with van der Waals surface area (Å²) in [6.45, 7) is 4.52. The summed E-state index contributed by atoms with van der Waals surface area (Å²) in [4.78, 5) is 23.0. The van der Waals surface area contributed by atoms with Gasteiger partial charge in [-0.05, 0) is 37.1 Å². The molecule has 1 aromatic rings. The number of nitrogens with one attached hydrogen (secondary N) is 1. The van der Waals surface area contributed by atoms with E-state index in [2.05, 4.69) is 17.0 Å². The zero-order chi connectivity index (χ0) is 15.7. The normalized spacial score (nSPS) is 10.0. The van der Waals surface area contributed by atoms with Gasteiger partial charge in [0.1, 0.15) is 5.75 Å². The molecule has 0 heterocycles. The van der Waals surface area contributed by atoms with Crippen LogP contribution in [0.2, 0.25) is 0 Å². The van der Waals surface area contributed by atoms with Crippen molar-refractivity contribution in [3.05, 3.63) is 29.3 Å². The summed E-state index contributed by atoms with van der Waals surface area (Å²) in [7, 11) is 1.33. The SMILES string of the molecule is CCCCCCNC(=O)Oc1ccc(C(=O)OC)cc1C. The first-order chi connectivity index (χ1) is 10.1. The van der Waals surface area contributed by atoms with Crippen LogP contribution in [0.1, 0.15) is 48.5 Å². The van der Waals surface area contributed by atoms with Crippen molar-refractivity contribution < 1.29 is 19.1 Å². The van der Waals surface area contributed by atoms with E-state index in [0.29, 0.717) is 23.4 Å². The van der Waals surface area contributed by atoms with Crippen molar-refractivity contribution in [3.8, 4) is 5.75 Å². The molecule has 0 saturated carbocycles. The third kappa shape index (κ3) is 5.85. The molecular formula is C16H23NO4. The number of methoxy groups -OCH3 is 1. The third-order valence-electron chi connectivity index (χ3n) is 3.10. The summed E-state index contributed by atoms with van der Waals surface area (Å²) in [5.74, 6) is 0.0266. The van der Waals surface area contributed by atoms with Gasteiger partial charge in [-0.3, -0.25) is 0 Å². The number of benzene rings is 1. The van der Waals surface area contributed by atoms with Gasteiger partial charge in [0.15, 0.2) is 0 Å². The first-order valence-corrected chi connectivity index (χ1v) is 7.23. The largest absolute Gasteiger partial charge is 0.465 e. The van der Waals surface area contributed by atoms with Crippen molar-refractivity contribution in [2.75, 3.05) is 13.7 Å². The van der Waals surface area contributed by atoms with E-state index >= 15 is 0 Å². The highest BCUT2D eigenvalue weighted by atomic mass is 16.6. The Morgan fingerprint density at radius 1 is 1.19 bits per heavy atom. The molecule has 0 aromatic heterocycles. The van der Waals surface area contributed by atoms with Gasteiger partial charge in [-0.15, -0.1) is 0 Å². The van der Waals surface area contributed by atoms with E-state index in [1.807, 2.05) is 0 Å². The van der Waals surface area contributed by atoms with Gasteiger partial charge >= 0.3 is 12.1 Å². The predicted octanol–water partition coefficient (Wildman–Crippen LogP) is 3.45. The number of ether oxygens (including phenoxy) is 2. The molecule has 5 nitrogen and oxygen atoms in total. The summed E-state index contributed by atoms with van der Waals surface area (Å²) in [5.41, 5.74) is 1.14. The zero-order valence-corrected chi connectivity index (χ0v) is 12.9. The van der Waals surface area contributed by atoms with Crippen molar-refractivity contribution in [1.29, 1.82) is 0 Å². The van der Waals surface area contributed by atoms with Crippen LogP contribution in [-0.4, -0.2) is 25.7 Å². The second-order valence-corrected chi connectivity index (χ2v) is 4.85. The minimum atomic E-state index is -0.472. The van der Waals surface area contributed by atoms with Crippen molar-refractivity contribution in [1.82, 2.24) is 5.32 Å². The molecule has 0 unspecified atom stereocenters. The molecule has 0 spiro atoms. The van der Waals surface area contributed by atoms with Crippen molar-refractivity contribution in [2.24, 2.45) is 0 Å². The number of carbonyl (C=O) groups is 2. The van der Waals surface area contributed by atoms with E-state index < -0.39 is 12.1 Å². The first-order valence-electron chi connectivity index (χ1n) is 7.23. The number of hydrogen-bond acceptors (Lipinski definition) is 4. The van der Waals surface area contributed by atoms with Crippen molar-refractivity contribution >= 4 is 12.1 Å². The van der Waals surface area contributed by atoms with Gasteiger partial charge in [-0.2, -0.15) is 0 Å². The summed E-state index contributed by atoms with van der Waals surface area (Å²) < 4.78 is 9.86. The van der Waals surface area contributed by atoms with E-state index in [4.69, 9.17) is 4.74 Å². The molecule has 5 heteroatoms. The molecule has 0 bridgehead atoms. The van der Waals surface area contributed by atoms with Gasteiger partial charge < -0.3 is 14.8 Å². The highest BCUT2D eigenvalue weighted by molar-refractivity contribution is 5.89. The van der Waals surface area contributed by atoms with Gasteiger partial charge in [0.25, 0.3) is 0 Å². The summed E-state index contributed by atoms with van der Waals surface area (Å²) in [6, 6.07) is 4.80. The molecule has 0 atom stereocenters. The Hall–Kier alpha value is -2.04. The second kappa shape index (κ2) is 9.00. The van der Waals surface area contributed by atoms with E-state index in [0.717, 1.165) is 19.3 Å². The van der Waals surface area contributed by atoms with Crippen LogP contribution < -0.4 is 10.1 Å². The number of unbranched alkanes of at least 4 members (excludes halogenated alkanes) is 3. The number of rotatable bonds is 7. The lowest BCUT2D eigenvalue weighted by Crippen LogP contribution is -2.28. The Morgan fingerprint density at radius 3 is 2.57 bits per heavy atom. The molecule has 0 aliphatic heterocycles. The quantitative estimate of drug-likeness (QED) is 0.617. The molecule has 21 heavy (non-hydrogen) atoms. The lowest BCUT2D eigenvalue weighted by Gasteiger charge is -2.09. The average Bonchev–Trinajstić information content (AvgIpc) is 2.48. The Kier molecular flexibility index (Phi) is 7.29. The molecule has 0 radical (unpaired) electrons. The third-order valence-corrected chi connectivity index (χ3v) is 3.10. The van der Waals surface area contributed by atoms with Crippen LogP contribution in [0.5, 0.6) is 5.75 Å². The Morgan fingerprint density at radius 2 is 1.95 bits per heavy atom. The molecule has 1 N–H and O–H groups in total. The fourth-order valence-corrected chi connectivity index (χ4v) is 1.89. The highest BCUT2D eigenvalue weighted by Crippen LogP contribution is 2.19. The molecule has 0 fully saturated rings.